The summed E-state index contributed by atoms with van der Waals surface area (Å²) in [5, 5.41) is 4.18. The molecule has 0 radical (unpaired) electrons. The van der Waals surface area contributed by atoms with Crippen LogP contribution in [0.3, 0.4) is 0 Å². The fourth-order valence-corrected chi connectivity index (χ4v) is 2.16. The van der Waals surface area contributed by atoms with Crippen molar-refractivity contribution in [1.29, 1.82) is 0 Å². The van der Waals surface area contributed by atoms with E-state index in [-0.39, 0.29) is 0 Å². The minimum absolute atomic E-state index is 0.313. The van der Waals surface area contributed by atoms with Crippen LogP contribution in [0, 0.1) is 17.5 Å². The van der Waals surface area contributed by atoms with E-state index < -0.39 is 57.7 Å². The number of azide groups is 1. The van der Waals surface area contributed by atoms with Crippen LogP contribution in [0.25, 0.3) is 21.6 Å². The minimum Gasteiger partial charge on any atom is -0.358 e. The fourth-order valence-electron chi connectivity index (χ4n) is 1.90. The zero-order valence-corrected chi connectivity index (χ0v) is 13.4. The lowest BCUT2D eigenvalue weighted by Gasteiger charge is -2.20. The number of hydrogen-bond donors (Lipinski definition) is 1. The Bertz CT molecular complexity index is 872. The second kappa shape index (κ2) is 7.26. The number of rotatable bonds is 4. The van der Waals surface area contributed by atoms with E-state index >= 15 is 0 Å². The highest BCUT2D eigenvalue weighted by Gasteiger charge is 2.37. The predicted molar refractivity (Wildman–Crippen MR) is 80.3 cm³/mol. The lowest BCUT2D eigenvalue weighted by atomic mass is 10.1. The number of hydrogen-bond acceptors (Lipinski definition) is 4. The Balaban J connectivity index is 2.74. The van der Waals surface area contributed by atoms with Gasteiger partial charge in [0.2, 0.25) is 5.95 Å². The van der Waals surface area contributed by atoms with Crippen LogP contribution in [0.4, 0.5) is 38.1 Å². The molecule has 138 valence electrons. The standard InChI is InChI=1S/C13H7ClF6N6/c1-4(13(18,19)20)22-11-9(10(14)23-12(24-11)25-26-21)8-6(16)2-5(15)3-7(8)17/h2-4H,1H3,(H,22,23,24)/t4-/m0/s1. The maximum atomic E-state index is 14.1. The normalized spacial score (nSPS) is 12.5. The number of aromatic nitrogens is 2. The summed E-state index contributed by atoms with van der Waals surface area (Å²) in [6, 6.07) is -1.59. The first-order valence-electron chi connectivity index (χ1n) is 6.65. The smallest absolute Gasteiger partial charge is 0.358 e. The molecule has 1 aromatic carbocycles. The molecule has 1 heterocycles. The molecular formula is C13H7ClF6N6. The van der Waals surface area contributed by atoms with Gasteiger partial charge in [-0.2, -0.15) is 13.2 Å². The highest BCUT2D eigenvalue weighted by Crippen LogP contribution is 2.38. The van der Waals surface area contributed by atoms with Gasteiger partial charge in [0.05, 0.1) is 11.1 Å². The highest BCUT2D eigenvalue weighted by molar-refractivity contribution is 6.32. The Kier molecular flexibility index (Phi) is 5.47. The van der Waals surface area contributed by atoms with E-state index in [4.69, 9.17) is 17.1 Å². The minimum atomic E-state index is -4.74. The van der Waals surface area contributed by atoms with Crippen LogP contribution >= 0.6 is 11.6 Å². The quantitative estimate of drug-likeness (QED) is 0.243. The summed E-state index contributed by atoms with van der Waals surface area (Å²) in [7, 11) is 0. The molecule has 2 rings (SSSR count). The van der Waals surface area contributed by atoms with Gasteiger partial charge in [0, 0.05) is 17.0 Å². The van der Waals surface area contributed by atoms with Gasteiger partial charge >= 0.3 is 6.18 Å². The first-order valence-corrected chi connectivity index (χ1v) is 7.03. The molecule has 0 bridgehead atoms. The lowest BCUT2D eigenvalue weighted by molar-refractivity contribution is -0.138. The zero-order chi connectivity index (χ0) is 19.6. The second-order valence-corrected chi connectivity index (χ2v) is 5.24. The molecule has 26 heavy (non-hydrogen) atoms. The average Bonchev–Trinajstić information content (AvgIpc) is 2.48. The number of halogens is 7. The molecule has 0 aliphatic carbocycles. The average molecular weight is 397 g/mol. The molecule has 0 saturated heterocycles. The Labute approximate surface area is 146 Å². The van der Waals surface area contributed by atoms with Gasteiger partial charge in [0.25, 0.3) is 0 Å². The van der Waals surface area contributed by atoms with Crippen LogP contribution in [-0.2, 0) is 0 Å². The Morgan fingerprint density at radius 1 is 1.15 bits per heavy atom. The van der Waals surface area contributed by atoms with Crippen molar-refractivity contribution in [3.8, 4) is 11.1 Å². The van der Waals surface area contributed by atoms with Gasteiger partial charge in [-0.15, -0.1) is 0 Å². The summed E-state index contributed by atoms with van der Waals surface area (Å²) in [6.07, 6.45) is -4.74. The van der Waals surface area contributed by atoms with E-state index in [0.717, 1.165) is 0 Å². The molecule has 0 saturated carbocycles. The molecule has 13 heteroatoms. The van der Waals surface area contributed by atoms with Crippen LogP contribution in [0.15, 0.2) is 17.2 Å². The summed E-state index contributed by atoms with van der Waals surface area (Å²) in [5.74, 6) is -5.55. The number of alkyl halides is 3. The van der Waals surface area contributed by atoms with Crippen molar-refractivity contribution in [3.05, 3.63) is 45.2 Å². The molecule has 1 aromatic heterocycles. The Morgan fingerprint density at radius 2 is 1.73 bits per heavy atom. The van der Waals surface area contributed by atoms with Crippen molar-refractivity contribution < 1.29 is 26.3 Å². The molecule has 0 amide bonds. The first-order chi connectivity index (χ1) is 12.0. The monoisotopic (exact) mass is 396 g/mol. The molecule has 0 spiro atoms. The molecule has 2 aromatic rings. The largest absolute Gasteiger partial charge is 0.408 e. The van der Waals surface area contributed by atoms with E-state index in [9.17, 15) is 26.3 Å². The number of nitrogens with zero attached hydrogens (tertiary/aromatic N) is 5. The number of nitrogens with one attached hydrogen (secondary N) is 1. The maximum Gasteiger partial charge on any atom is 0.408 e. The van der Waals surface area contributed by atoms with Gasteiger partial charge in [-0.05, 0) is 17.6 Å². The third-order valence-corrected chi connectivity index (χ3v) is 3.36. The summed E-state index contributed by atoms with van der Waals surface area (Å²) in [5.41, 5.74) is 6.76. The summed E-state index contributed by atoms with van der Waals surface area (Å²) in [6.45, 7) is 0.713. The number of anilines is 1. The second-order valence-electron chi connectivity index (χ2n) is 4.88. The van der Waals surface area contributed by atoms with Crippen molar-refractivity contribution >= 4 is 23.4 Å². The Hall–Kier alpha value is -2.72. The molecular weight excluding hydrogens is 390 g/mol. The van der Waals surface area contributed by atoms with E-state index in [1.54, 1.807) is 0 Å². The van der Waals surface area contributed by atoms with Crippen LogP contribution in [0.2, 0.25) is 5.15 Å². The van der Waals surface area contributed by atoms with Crippen LogP contribution in [0.5, 0.6) is 0 Å². The first kappa shape index (κ1) is 19.6. The van der Waals surface area contributed by atoms with Crippen LogP contribution in [-0.4, -0.2) is 22.2 Å². The SMILES string of the molecule is C[C@H](Nc1nc(N=[N+]=[N-])nc(Cl)c1-c1c(F)cc(F)cc1F)C(F)(F)F. The van der Waals surface area contributed by atoms with Crippen molar-refractivity contribution in [2.24, 2.45) is 5.11 Å². The van der Waals surface area contributed by atoms with Crippen molar-refractivity contribution in [1.82, 2.24) is 9.97 Å². The number of benzene rings is 1. The molecule has 0 fully saturated rings. The van der Waals surface area contributed by atoms with E-state index in [2.05, 4.69) is 20.0 Å². The molecule has 1 N–H and O–H groups in total. The molecule has 6 nitrogen and oxygen atoms in total. The topological polar surface area (TPSA) is 86.6 Å². The van der Waals surface area contributed by atoms with E-state index in [1.807, 2.05) is 5.32 Å². The van der Waals surface area contributed by atoms with Crippen LogP contribution in [0.1, 0.15) is 6.92 Å². The van der Waals surface area contributed by atoms with E-state index in [0.29, 0.717) is 19.1 Å². The van der Waals surface area contributed by atoms with Gasteiger partial charge in [-0.1, -0.05) is 11.6 Å². The highest BCUT2D eigenvalue weighted by atomic mass is 35.5. The van der Waals surface area contributed by atoms with Crippen LogP contribution < -0.4 is 5.32 Å². The van der Waals surface area contributed by atoms with Gasteiger partial charge < -0.3 is 5.32 Å². The summed E-state index contributed by atoms with van der Waals surface area (Å²) in [4.78, 5) is 9.32. The van der Waals surface area contributed by atoms with Crippen molar-refractivity contribution in [3.63, 3.8) is 0 Å². The van der Waals surface area contributed by atoms with Crippen molar-refractivity contribution in [2.75, 3.05) is 5.32 Å². The molecule has 0 aliphatic rings. The Morgan fingerprint density at radius 3 is 2.23 bits per heavy atom. The summed E-state index contributed by atoms with van der Waals surface area (Å²) >= 11 is 5.80. The lowest BCUT2D eigenvalue weighted by Crippen LogP contribution is -2.33. The van der Waals surface area contributed by atoms with Gasteiger partial charge in [-0.25, -0.2) is 23.1 Å². The van der Waals surface area contributed by atoms with Gasteiger partial charge in [-0.3, -0.25) is 0 Å². The third kappa shape index (κ3) is 4.09. The van der Waals surface area contributed by atoms with E-state index in [1.165, 1.54) is 0 Å². The zero-order valence-electron chi connectivity index (χ0n) is 12.6. The third-order valence-electron chi connectivity index (χ3n) is 3.09. The summed E-state index contributed by atoms with van der Waals surface area (Å²) < 4.78 is 79.6. The molecule has 0 aliphatic heterocycles. The molecule has 1 atom stereocenters. The van der Waals surface area contributed by atoms with Gasteiger partial charge in [0.1, 0.15) is 34.5 Å². The fraction of sp³-hybridized carbons (Fsp3) is 0.231. The maximum absolute atomic E-state index is 14.1. The molecule has 0 unspecified atom stereocenters. The predicted octanol–water partition coefficient (Wildman–Crippen LogP) is 5.52. The van der Waals surface area contributed by atoms with Gasteiger partial charge in [0.15, 0.2) is 0 Å². The van der Waals surface area contributed by atoms with Crippen molar-refractivity contribution in [2.45, 2.75) is 19.1 Å².